The van der Waals surface area contributed by atoms with Crippen LogP contribution in [0.2, 0.25) is 0 Å². The molecule has 2 aromatic rings. The summed E-state index contributed by atoms with van der Waals surface area (Å²) in [5.41, 5.74) is 3.18. The van der Waals surface area contributed by atoms with E-state index in [2.05, 4.69) is 57.4 Å². The largest absolute Gasteiger partial charge is 0.378 e. The van der Waals surface area contributed by atoms with Gasteiger partial charge in [-0.1, -0.05) is 6.92 Å². The molecule has 0 bridgehead atoms. The Hall–Kier alpha value is -2.30. The molecule has 1 aliphatic rings. The van der Waals surface area contributed by atoms with Crippen LogP contribution in [0.3, 0.4) is 0 Å². The third-order valence-electron chi connectivity index (χ3n) is 4.87. The average Bonchev–Trinajstić information content (AvgIpc) is 2.61. The number of aryl methyl sites for hydroxylation is 1. The van der Waals surface area contributed by atoms with Crippen molar-refractivity contribution in [3.8, 4) is 0 Å². The van der Waals surface area contributed by atoms with Gasteiger partial charge in [-0.2, -0.15) is 4.98 Å². The molecule has 1 aromatic carbocycles. The van der Waals surface area contributed by atoms with Gasteiger partial charge in [0.1, 0.15) is 5.82 Å². The normalized spacial score (nSPS) is 17.4. The van der Waals surface area contributed by atoms with E-state index in [4.69, 9.17) is 4.98 Å². The van der Waals surface area contributed by atoms with Gasteiger partial charge in [-0.05, 0) is 56.9 Å². The lowest BCUT2D eigenvalue weighted by Crippen LogP contribution is -2.39. The number of nitrogens with zero attached hydrogens (tertiary/aromatic N) is 4. The number of benzene rings is 1. The minimum absolute atomic E-state index is 0.593. The van der Waals surface area contributed by atoms with Gasteiger partial charge in [-0.15, -0.1) is 0 Å². The summed E-state index contributed by atoms with van der Waals surface area (Å²) in [5, 5.41) is 3.36. The Kier molecular flexibility index (Phi) is 5.41. The molecule has 0 radical (unpaired) electrons. The number of anilines is 4. The smallest absolute Gasteiger partial charge is 0.229 e. The summed E-state index contributed by atoms with van der Waals surface area (Å²) in [7, 11) is 4.09. The van der Waals surface area contributed by atoms with Crippen molar-refractivity contribution in [2.24, 2.45) is 0 Å². The first-order valence-electron chi connectivity index (χ1n) is 9.23. The van der Waals surface area contributed by atoms with E-state index in [1.54, 1.807) is 0 Å². The minimum atomic E-state index is 0.593. The van der Waals surface area contributed by atoms with Crippen molar-refractivity contribution in [1.29, 1.82) is 0 Å². The highest BCUT2D eigenvalue weighted by molar-refractivity contribution is 5.60. The monoisotopic (exact) mass is 339 g/mol. The molecular weight excluding hydrogens is 310 g/mol. The van der Waals surface area contributed by atoms with E-state index < -0.39 is 0 Å². The molecule has 134 valence electrons. The van der Waals surface area contributed by atoms with Crippen LogP contribution in [0.4, 0.5) is 23.1 Å². The Morgan fingerprint density at radius 3 is 2.60 bits per heavy atom. The fraction of sp³-hybridized carbons (Fsp3) is 0.500. The third-order valence-corrected chi connectivity index (χ3v) is 4.87. The molecular formula is C20H29N5. The molecule has 1 unspecified atom stereocenters. The van der Waals surface area contributed by atoms with E-state index >= 15 is 0 Å². The zero-order chi connectivity index (χ0) is 17.8. The average molecular weight is 339 g/mol. The second-order valence-electron chi connectivity index (χ2n) is 7.01. The van der Waals surface area contributed by atoms with Crippen molar-refractivity contribution in [2.75, 3.05) is 35.8 Å². The molecule has 25 heavy (non-hydrogen) atoms. The maximum Gasteiger partial charge on any atom is 0.229 e. The number of piperidine rings is 1. The number of rotatable bonds is 5. The first kappa shape index (κ1) is 17.5. The Balaban J connectivity index is 1.81. The first-order chi connectivity index (χ1) is 12.1. The van der Waals surface area contributed by atoms with Gasteiger partial charge < -0.3 is 15.1 Å². The van der Waals surface area contributed by atoms with Crippen LogP contribution < -0.4 is 15.1 Å². The van der Waals surface area contributed by atoms with Crippen LogP contribution in [0.15, 0.2) is 30.3 Å². The van der Waals surface area contributed by atoms with Crippen LogP contribution in [0, 0.1) is 6.92 Å². The van der Waals surface area contributed by atoms with Crippen molar-refractivity contribution >= 4 is 23.1 Å². The molecule has 3 rings (SSSR count). The number of aromatic nitrogens is 2. The molecule has 5 heteroatoms. The lowest BCUT2D eigenvalue weighted by Gasteiger charge is -2.36. The van der Waals surface area contributed by atoms with Crippen molar-refractivity contribution in [2.45, 2.75) is 45.6 Å². The standard InChI is InChI=1S/C20H29N5/c1-5-17-8-6-7-13-25(17)19-14-15(2)21-20(23-19)22-16-9-11-18(12-10-16)24(3)4/h9-12,14,17H,5-8,13H2,1-4H3,(H,21,22,23). The van der Waals surface area contributed by atoms with Crippen LogP contribution in [0.5, 0.6) is 0 Å². The summed E-state index contributed by atoms with van der Waals surface area (Å²) < 4.78 is 0. The van der Waals surface area contributed by atoms with Crippen molar-refractivity contribution in [1.82, 2.24) is 9.97 Å². The second-order valence-corrected chi connectivity index (χ2v) is 7.01. The molecule has 2 heterocycles. The zero-order valence-electron chi connectivity index (χ0n) is 15.8. The van der Waals surface area contributed by atoms with Gasteiger partial charge >= 0.3 is 0 Å². The van der Waals surface area contributed by atoms with E-state index in [1.807, 2.05) is 21.0 Å². The van der Waals surface area contributed by atoms with Crippen molar-refractivity contribution in [3.63, 3.8) is 0 Å². The summed E-state index contributed by atoms with van der Waals surface area (Å²) in [6, 6.07) is 11.0. The van der Waals surface area contributed by atoms with Gasteiger partial charge in [0.2, 0.25) is 5.95 Å². The van der Waals surface area contributed by atoms with Crippen LogP contribution >= 0.6 is 0 Å². The zero-order valence-corrected chi connectivity index (χ0v) is 15.8. The summed E-state index contributed by atoms with van der Waals surface area (Å²) in [5.74, 6) is 1.72. The molecule has 0 aliphatic carbocycles. The topological polar surface area (TPSA) is 44.3 Å². The van der Waals surface area contributed by atoms with Crippen LogP contribution in [0.25, 0.3) is 0 Å². The third kappa shape index (κ3) is 4.21. The number of hydrogen-bond acceptors (Lipinski definition) is 5. The maximum atomic E-state index is 4.80. The Morgan fingerprint density at radius 2 is 1.92 bits per heavy atom. The fourth-order valence-electron chi connectivity index (χ4n) is 3.45. The minimum Gasteiger partial charge on any atom is -0.378 e. The van der Waals surface area contributed by atoms with Gasteiger partial charge in [0, 0.05) is 49.8 Å². The number of hydrogen-bond donors (Lipinski definition) is 1. The second kappa shape index (κ2) is 7.72. The van der Waals surface area contributed by atoms with Crippen LogP contribution in [-0.2, 0) is 0 Å². The lowest BCUT2D eigenvalue weighted by molar-refractivity contribution is 0.446. The fourth-order valence-corrected chi connectivity index (χ4v) is 3.45. The van der Waals surface area contributed by atoms with Gasteiger partial charge in [0.25, 0.3) is 0 Å². The van der Waals surface area contributed by atoms with Crippen molar-refractivity contribution in [3.05, 3.63) is 36.0 Å². The van der Waals surface area contributed by atoms with E-state index in [0.717, 1.165) is 30.2 Å². The molecule has 1 atom stereocenters. The quantitative estimate of drug-likeness (QED) is 0.876. The van der Waals surface area contributed by atoms with Gasteiger partial charge in [-0.25, -0.2) is 4.98 Å². The number of nitrogens with one attached hydrogen (secondary N) is 1. The molecule has 1 saturated heterocycles. The SMILES string of the molecule is CCC1CCCCN1c1cc(C)nc(Nc2ccc(N(C)C)cc2)n1. The van der Waals surface area contributed by atoms with Crippen LogP contribution in [-0.4, -0.2) is 36.6 Å². The van der Waals surface area contributed by atoms with Gasteiger partial charge in [-0.3, -0.25) is 0 Å². The predicted octanol–water partition coefficient (Wildman–Crippen LogP) is 4.36. The highest BCUT2D eigenvalue weighted by atomic mass is 15.2. The molecule has 5 nitrogen and oxygen atoms in total. The maximum absolute atomic E-state index is 4.80. The molecule has 0 amide bonds. The van der Waals surface area contributed by atoms with E-state index in [0.29, 0.717) is 12.0 Å². The van der Waals surface area contributed by atoms with Crippen molar-refractivity contribution < 1.29 is 0 Å². The predicted molar refractivity (Wildman–Crippen MR) is 106 cm³/mol. The molecule has 1 aromatic heterocycles. The lowest BCUT2D eigenvalue weighted by atomic mass is 10.00. The highest BCUT2D eigenvalue weighted by Gasteiger charge is 2.22. The highest BCUT2D eigenvalue weighted by Crippen LogP contribution is 2.27. The van der Waals surface area contributed by atoms with Gasteiger partial charge in [0.05, 0.1) is 0 Å². The van der Waals surface area contributed by atoms with Crippen LogP contribution in [0.1, 0.15) is 38.3 Å². The molecule has 1 aliphatic heterocycles. The summed E-state index contributed by atoms with van der Waals surface area (Å²) >= 11 is 0. The summed E-state index contributed by atoms with van der Waals surface area (Å²) in [6.07, 6.45) is 4.99. The van der Waals surface area contributed by atoms with E-state index in [1.165, 1.54) is 24.9 Å². The van der Waals surface area contributed by atoms with Gasteiger partial charge in [0.15, 0.2) is 0 Å². The Morgan fingerprint density at radius 1 is 1.16 bits per heavy atom. The molecule has 0 spiro atoms. The van der Waals surface area contributed by atoms with E-state index in [9.17, 15) is 0 Å². The summed E-state index contributed by atoms with van der Waals surface area (Å²) in [6.45, 7) is 5.39. The summed E-state index contributed by atoms with van der Waals surface area (Å²) in [4.78, 5) is 13.9. The Bertz CT molecular complexity index is 696. The molecule has 1 fully saturated rings. The molecule has 1 N–H and O–H groups in total. The van der Waals surface area contributed by atoms with E-state index in [-0.39, 0.29) is 0 Å². The first-order valence-corrected chi connectivity index (χ1v) is 9.23. The molecule has 0 saturated carbocycles. The Labute approximate surface area is 151 Å².